The number of carbonyl (C=O) groups is 2. The van der Waals surface area contributed by atoms with E-state index in [1.54, 1.807) is 78.9 Å². The molecule has 0 saturated heterocycles. The van der Waals surface area contributed by atoms with E-state index in [0.29, 0.717) is 15.7 Å². The SMILES string of the molecule is O=C(CCCl)N(NC(=O)C(O)(c1ccc(Cl)cc1)c1ccc(Cl)cc1)c1ccccc1. The quantitative estimate of drug-likeness (QED) is 0.391. The van der Waals surface area contributed by atoms with Gasteiger partial charge in [0, 0.05) is 22.3 Å². The molecule has 0 radical (unpaired) electrons. The zero-order valence-corrected chi connectivity index (χ0v) is 18.5. The summed E-state index contributed by atoms with van der Waals surface area (Å²) >= 11 is 17.7. The molecule has 3 aromatic carbocycles. The summed E-state index contributed by atoms with van der Waals surface area (Å²) in [6.07, 6.45) is -0.00293. The van der Waals surface area contributed by atoms with Gasteiger partial charge in [-0.25, -0.2) is 5.01 Å². The zero-order valence-electron chi connectivity index (χ0n) is 16.3. The maximum absolute atomic E-state index is 13.5. The average Bonchev–Trinajstić information content (AvgIpc) is 2.78. The van der Waals surface area contributed by atoms with E-state index in [4.69, 9.17) is 34.8 Å². The molecule has 0 atom stereocenters. The normalized spacial score (nSPS) is 11.1. The van der Waals surface area contributed by atoms with E-state index in [1.807, 2.05) is 0 Å². The number of alkyl halides is 1. The molecule has 0 unspecified atom stereocenters. The molecular formula is C23H19Cl3N2O3. The van der Waals surface area contributed by atoms with E-state index in [-0.39, 0.29) is 23.4 Å². The number of hydrogen-bond donors (Lipinski definition) is 2. The Balaban J connectivity index is 2.05. The third-order valence-electron chi connectivity index (χ3n) is 4.64. The lowest BCUT2D eigenvalue weighted by atomic mass is 9.85. The molecule has 8 heteroatoms. The maximum atomic E-state index is 13.5. The Morgan fingerprint density at radius 3 is 1.77 bits per heavy atom. The minimum Gasteiger partial charge on any atom is -0.372 e. The fourth-order valence-electron chi connectivity index (χ4n) is 3.03. The van der Waals surface area contributed by atoms with Crippen molar-refractivity contribution in [3.05, 3.63) is 100 Å². The molecule has 0 heterocycles. The van der Waals surface area contributed by atoms with E-state index in [0.717, 1.165) is 5.01 Å². The molecule has 5 nitrogen and oxygen atoms in total. The number of nitrogens with one attached hydrogen (secondary N) is 1. The molecule has 0 fully saturated rings. The lowest BCUT2D eigenvalue weighted by molar-refractivity contribution is -0.138. The van der Waals surface area contributed by atoms with Crippen LogP contribution in [0.3, 0.4) is 0 Å². The molecule has 0 bridgehead atoms. The number of amides is 2. The van der Waals surface area contributed by atoms with E-state index in [9.17, 15) is 14.7 Å². The van der Waals surface area contributed by atoms with Crippen molar-refractivity contribution in [2.24, 2.45) is 0 Å². The highest BCUT2D eigenvalue weighted by Gasteiger charge is 2.41. The fraction of sp³-hybridized carbons (Fsp3) is 0.130. The fourth-order valence-corrected chi connectivity index (χ4v) is 3.45. The van der Waals surface area contributed by atoms with Gasteiger partial charge < -0.3 is 5.11 Å². The lowest BCUT2D eigenvalue weighted by Crippen LogP contribution is -2.54. The van der Waals surface area contributed by atoms with Crippen molar-refractivity contribution in [1.82, 2.24) is 5.43 Å². The molecule has 0 aliphatic heterocycles. The van der Waals surface area contributed by atoms with Gasteiger partial charge >= 0.3 is 0 Å². The standard InChI is InChI=1S/C23H19Cl3N2O3/c24-15-14-21(29)28(20-4-2-1-3-5-20)27-22(30)23(31,16-6-10-18(25)11-7-16)17-8-12-19(26)13-9-17/h1-13,31H,14-15H2,(H,27,30). The van der Waals surface area contributed by atoms with Crippen LogP contribution in [-0.2, 0) is 15.2 Å². The van der Waals surface area contributed by atoms with Crippen LogP contribution >= 0.6 is 34.8 Å². The number of carbonyl (C=O) groups excluding carboxylic acids is 2. The Bertz CT molecular complexity index is 996. The molecular weight excluding hydrogens is 459 g/mol. The summed E-state index contributed by atoms with van der Waals surface area (Å²) in [5, 5.41) is 13.6. The van der Waals surface area contributed by atoms with Gasteiger partial charge in [-0.2, -0.15) is 0 Å². The Labute approximate surface area is 195 Å². The summed E-state index contributed by atoms with van der Waals surface area (Å²) < 4.78 is 0. The van der Waals surface area contributed by atoms with Gasteiger partial charge in [0.25, 0.3) is 5.91 Å². The van der Waals surface area contributed by atoms with Crippen molar-refractivity contribution in [1.29, 1.82) is 0 Å². The number of rotatable bonds is 6. The predicted molar refractivity (Wildman–Crippen MR) is 123 cm³/mol. The van der Waals surface area contributed by atoms with Gasteiger partial charge in [0.15, 0.2) is 5.60 Å². The van der Waals surface area contributed by atoms with Crippen LogP contribution in [0.2, 0.25) is 10.0 Å². The minimum atomic E-state index is -2.12. The van der Waals surface area contributed by atoms with Crippen molar-refractivity contribution in [3.63, 3.8) is 0 Å². The lowest BCUT2D eigenvalue weighted by Gasteiger charge is -2.32. The second-order valence-corrected chi connectivity index (χ2v) is 7.92. The van der Waals surface area contributed by atoms with Gasteiger partial charge in [-0.1, -0.05) is 65.7 Å². The summed E-state index contributed by atoms with van der Waals surface area (Å²) in [6, 6.07) is 21.0. The molecule has 0 saturated carbocycles. The van der Waals surface area contributed by atoms with Crippen LogP contribution in [0.15, 0.2) is 78.9 Å². The highest BCUT2D eigenvalue weighted by molar-refractivity contribution is 6.30. The van der Waals surface area contributed by atoms with Crippen LogP contribution in [0.25, 0.3) is 0 Å². The molecule has 0 aliphatic rings. The summed E-state index contributed by atoms with van der Waals surface area (Å²) in [6.45, 7) is 0. The first-order valence-electron chi connectivity index (χ1n) is 9.35. The first kappa shape index (κ1) is 23.1. The first-order chi connectivity index (χ1) is 14.9. The van der Waals surface area contributed by atoms with Gasteiger partial charge in [-0.3, -0.25) is 15.0 Å². The van der Waals surface area contributed by atoms with Crippen LogP contribution in [0.4, 0.5) is 5.69 Å². The Morgan fingerprint density at radius 1 is 0.839 bits per heavy atom. The molecule has 2 amide bonds. The highest BCUT2D eigenvalue weighted by Crippen LogP contribution is 2.32. The number of hydrogen-bond acceptors (Lipinski definition) is 3. The number of anilines is 1. The summed E-state index contributed by atoms with van der Waals surface area (Å²) in [5.74, 6) is -1.18. The van der Waals surface area contributed by atoms with E-state index >= 15 is 0 Å². The van der Waals surface area contributed by atoms with Gasteiger partial charge in [0.2, 0.25) is 5.91 Å². The molecule has 3 aromatic rings. The molecule has 3 rings (SSSR count). The van der Waals surface area contributed by atoms with Crippen molar-refractivity contribution < 1.29 is 14.7 Å². The van der Waals surface area contributed by atoms with Crippen LogP contribution in [-0.4, -0.2) is 22.8 Å². The Morgan fingerprint density at radius 2 is 1.32 bits per heavy atom. The summed E-state index contributed by atoms with van der Waals surface area (Å²) in [7, 11) is 0. The topological polar surface area (TPSA) is 69.6 Å². The number of nitrogens with zero attached hydrogens (tertiary/aromatic N) is 1. The number of hydrazine groups is 1. The third kappa shape index (κ3) is 5.20. The van der Waals surface area contributed by atoms with E-state index < -0.39 is 17.4 Å². The number of aliphatic hydroxyl groups is 1. The number of benzene rings is 3. The minimum absolute atomic E-state index is 0.00293. The molecule has 0 spiro atoms. The first-order valence-corrected chi connectivity index (χ1v) is 10.6. The molecule has 160 valence electrons. The van der Waals surface area contributed by atoms with Crippen LogP contribution in [0.5, 0.6) is 0 Å². The van der Waals surface area contributed by atoms with E-state index in [1.165, 1.54) is 0 Å². The molecule has 2 N–H and O–H groups in total. The van der Waals surface area contributed by atoms with Crippen molar-refractivity contribution in [3.8, 4) is 0 Å². The van der Waals surface area contributed by atoms with Gasteiger partial charge in [0.1, 0.15) is 0 Å². The van der Waals surface area contributed by atoms with Crippen molar-refractivity contribution >= 4 is 52.3 Å². The Hall–Kier alpha value is -2.57. The average molecular weight is 478 g/mol. The second-order valence-electron chi connectivity index (χ2n) is 6.67. The zero-order chi connectivity index (χ0) is 22.4. The molecule has 31 heavy (non-hydrogen) atoms. The highest BCUT2D eigenvalue weighted by atomic mass is 35.5. The summed E-state index contributed by atoms with van der Waals surface area (Å²) in [4.78, 5) is 26.2. The van der Waals surface area contributed by atoms with Gasteiger partial charge in [-0.15, -0.1) is 11.6 Å². The van der Waals surface area contributed by atoms with Crippen molar-refractivity contribution in [2.75, 3.05) is 10.9 Å². The van der Waals surface area contributed by atoms with Gasteiger partial charge in [0.05, 0.1) is 5.69 Å². The molecule has 0 aliphatic carbocycles. The smallest absolute Gasteiger partial charge is 0.280 e. The van der Waals surface area contributed by atoms with Crippen LogP contribution in [0.1, 0.15) is 17.5 Å². The predicted octanol–water partition coefficient (Wildman–Crippen LogP) is 4.92. The summed E-state index contributed by atoms with van der Waals surface area (Å²) in [5.41, 5.74) is 1.41. The monoisotopic (exact) mass is 476 g/mol. The van der Waals surface area contributed by atoms with E-state index in [2.05, 4.69) is 5.43 Å². The number of halogens is 3. The van der Waals surface area contributed by atoms with Crippen molar-refractivity contribution in [2.45, 2.75) is 12.0 Å². The third-order valence-corrected chi connectivity index (χ3v) is 5.33. The number of para-hydroxylation sites is 1. The van der Waals surface area contributed by atoms with Crippen LogP contribution < -0.4 is 10.4 Å². The van der Waals surface area contributed by atoms with Crippen LogP contribution in [0, 0.1) is 0 Å². The maximum Gasteiger partial charge on any atom is 0.280 e. The second kappa shape index (κ2) is 10.2. The van der Waals surface area contributed by atoms with Gasteiger partial charge in [-0.05, 0) is 47.5 Å². The largest absolute Gasteiger partial charge is 0.372 e. The Kier molecular flexibility index (Phi) is 7.57. The molecule has 0 aromatic heterocycles.